The quantitative estimate of drug-likeness (QED) is 0.634. The Morgan fingerprint density at radius 1 is 0.714 bits per heavy atom. The van der Waals surface area contributed by atoms with Crippen LogP contribution in [0.25, 0.3) is 0 Å². The first-order chi connectivity index (χ1) is 6.89. The molecular formula is C12H24N2. The van der Waals surface area contributed by atoms with Crippen LogP contribution in [0.1, 0.15) is 64.2 Å². The Labute approximate surface area is 88.0 Å². The Morgan fingerprint density at radius 2 is 1.21 bits per heavy atom. The molecule has 2 nitrogen and oxygen atoms in total. The maximum absolute atomic E-state index is 5.80. The molecule has 0 aromatic rings. The van der Waals surface area contributed by atoms with E-state index in [4.69, 9.17) is 5.73 Å². The lowest BCUT2D eigenvalue weighted by atomic mass is 10.1. The SMILES string of the molecule is NC1=NCCCCCCCCCCC1. The zero-order valence-electron chi connectivity index (χ0n) is 9.30. The normalized spacial score (nSPS) is 22.7. The highest BCUT2D eigenvalue weighted by Crippen LogP contribution is 2.11. The van der Waals surface area contributed by atoms with Gasteiger partial charge in [0.05, 0.1) is 5.84 Å². The Kier molecular flexibility index (Phi) is 6.46. The van der Waals surface area contributed by atoms with Crippen molar-refractivity contribution in [3.05, 3.63) is 0 Å². The number of hydrogen-bond acceptors (Lipinski definition) is 2. The van der Waals surface area contributed by atoms with Crippen molar-refractivity contribution in [2.24, 2.45) is 10.7 Å². The fraction of sp³-hybridized carbons (Fsp3) is 0.917. The molecule has 0 aromatic heterocycles. The Morgan fingerprint density at radius 3 is 1.86 bits per heavy atom. The molecule has 0 aliphatic carbocycles. The Hall–Kier alpha value is -0.530. The molecule has 0 radical (unpaired) electrons. The van der Waals surface area contributed by atoms with Gasteiger partial charge in [0.1, 0.15) is 0 Å². The van der Waals surface area contributed by atoms with E-state index in [0.717, 1.165) is 18.8 Å². The first-order valence-electron chi connectivity index (χ1n) is 6.18. The van der Waals surface area contributed by atoms with Crippen molar-refractivity contribution in [1.82, 2.24) is 0 Å². The number of nitrogens with two attached hydrogens (primary N) is 1. The smallest absolute Gasteiger partial charge is 0.0937 e. The van der Waals surface area contributed by atoms with Crippen molar-refractivity contribution >= 4 is 5.84 Å². The predicted molar refractivity (Wildman–Crippen MR) is 62.7 cm³/mol. The van der Waals surface area contributed by atoms with Crippen LogP contribution in [0.4, 0.5) is 0 Å². The predicted octanol–water partition coefficient (Wildman–Crippen LogP) is 3.26. The van der Waals surface area contributed by atoms with E-state index in [0.29, 0.717) is 0 Å². The zero-order chi connectivity index (χ0) is 10.1. The van der Waals surface area contributed by atoms with Gasteiger partial charge in [0, 0.05) is 13.0 Å². The lowest BCUT2D eigenvalue weighted by Crippen LogP contribution is -2.12. The van der Waals surface area contributed by atoms with Gasteiger partial charge in [0.25, 0.3) is 0 Å². The molecule has 2 N–H and O–H groups in total. The molecule has 0 saturated heterocycles. The molecule has 0 fully saturated rings. The third-order valence-electron chi connectivity index (χ3n) is 2.91. The highest BCUT2D eigenvalue weighted by Gasteiger charge is 1.97. The molecule has 0 bridgehead atoms. The van der Waals surface area contributed by atoms with Crippen LogP contribution in [0.15, 0.2) is 4.99 Å². The van der Waals surface area contributed by atoms with E-state index >= 15 is 0 Å². The van der Waals surface area contributed by atoms with E-state index in [1.54, 1.807) is 0 Å². The second-order valence-corrected chi connectivity index (χ2v) is 4.31. The van der Waals surface area contributed by atoms with E-state index in [9.17, 15) is 0 Å². The van der Waals surface area contributed by atoms with Crippen molar-refractivity contribution in [3.8, 4) is 0 Å². The third kappa shape index (κ3) is 6.01. The molecule has 1 heterocycles. The van der Waals surface area contributed by atoms with Gasteiger partial charge in [0.2, 0.25) is 0 Å². The molecule has 82 valence electrons. The monoisotopic (exact) mass is 196 g/mol. The minimum atomic E-state index is 0.879. The standard InChI is InChI=1S/C12H24N2/c13-12-10-8-6-4-2-1-3-5-7-9-11-14-12/h1-11H2,(H2,13,14). The van der Waals surface area contributed by atoms with Gasteiger partial charge in [-0.1, -0.05) is 44.9 Å². The highest BCUT2D eigenvalue weighted by atomic mass is 14.8. The van der Waals surface area contributed by atoms with Crippen LogP contribution in [0.5, 0.6) is 0 Å². The second-order valence-electron chi connectivity index (χ2n) is 4.31. The molecule has 0 amide bonds. The second kappa shape index (κ2) is 7.84. The van der Waals surface area contributed by atoms with E-state index in [1.807, 2.05) is 0 Å². The van der Waals surface area contributed by atoms with Crippen LogP contribution in [0.2, 0.25) is 0 Å². The molecule has 1 aliphatic heterocycles. The van der Waals surface area contributed by atoms with Gasteiger partial charge < -0.3 is 5.73 Å². The minimum Gasteiger partial charge on any atom is -0.387 e. The van der Waals surface area contributed by atoms with Crippen molar-refractivity contribution in [1.29, 1.82) is 0 Å². The summed E-state index contributed by atoms with van der Waals surface area (Å²) in [5.41, 5.74) is 5.80. The summed E-state index contributed by atoms with van der Waals surface area (Å²) >= 11 is 0. The summed E-state index contributed by atoms with van der Waals surface area (Å²) in [5, 5.41) is 0. The lowest BCUT2D eigenvalue weighted by molar-refractivity contribution is 0.567. The summed E-state index contributed by atoms with van der Waals surface area (Å²) in [6.45, 7) is 0.950. The van der Waals surface area contributed by atoms with Gasteiger partial charge in [-0.2, -0.15) is 0 Å². The van der Waals surface area contributed by atoms with Crippen LogP contribution in [0.3, 0.4) is 0 Å². The van der Waals surface area contributed by atoms with Gasteiger partial charge in [0.15, 0.2) is 0 Å². The summed E-state index contributed by atoms with van der Waals surface area (Å²) in [7, 11) is 0. The molecular weight excluding hydrogens is 172 g/mol. The molecule has 1 aliphatic rings. The number of rotatable bonds is 0. The fourth-order valence-electron chi connectivity index (χ4n) is 1.96. The topological polar surface area (TPSA) is 38.4 Å². The average molecular weight is 196 g/mol. The number of nitrogens with zero attached hydrogens (tertiary/aromatic N) is 1. The molecule has 0 spiro atoms. The van der Waals surface area contributed by atoms with E-state index in [-0.39, 0.29) is 0 Å². The minimum absolute atomic E-state index is 0.879. The molecule has 1 rings (SSSR count). The van der Waals surface area contributed by atoms with Gasteiger partial charge in [-0.3, -0.25) is 4.99 Å². The molecule has 0 aromatic carbocycles. The van der Waals surface area contributed by atoms with Crippen molar-refractivity contribution in [3.63, 3.8) is 0 Å². The van der Waals surface area contributed by atoms with E-state index < -0.39 is 0 Å². The van der Waals surface area contributed by atoms with Crippen LogP contribution in [-0.2, 0) is 0 Å². The summed E-state index contributed by atoms with van der Waals surface area (Å²) < 4.78 is 0. The van der Waals surface area contributed by atoms with E-state index in [2.05, 4.69) is 4.99 Å². The van der Waals surface area contributed by atoms with Crippen LogP contribution >= 0.6 is 0 Å². The Balaban J connectivity index is 2.21. The summed E-state index contributed by atoms with van der Waals surface area (Å²) in [6.07, 6.45) is 13.2. The molecule has 14 heavy (non-hydrogen) atoms. The van der Waals surface area contributed by atoms with Crippen LogP contribution < -0.4 is 5.73 Å². The maximum Gasteiger partial charge on any atom is 0.0937 e. The summed E-state index contributed by atoms with van der Waals surface area (Å²) in [5.74, 6) is 0.879. The van der Waals surface area contributed by atoms with Gasteiger partial charge in [-0.05, 0) is 12.8 Å². The first kappa shape index (κ1) is 11.5. The maximum atomic E-state index is 5.80. The molecule has 0 atom stereocenters. The van der Waals surface area contributed by atoms with Gasteiger partial charge in [-0.25, -0.2) is 0 Å². The van der Waals surface area contributed by atoms with Crippen molar-refractivity contribution < 1.29 is 0 Å². The fourth-order valence-corrected chi connectivity index (χ4v) is 1.96. The number of hydrogen-bond donors (Lipinski definition) is 1. The zero-order valence-corrected chi connectivity index (χ0v) is 9.30. The largest absolute Gasteiger partial charge is 0.387 e. The lowest BCUT2D eigenvalue weighted by Gasteiger charge is -2.00. The van der Waals surface area contributed by atoms with Crippen molar-refractivity contribution in [2.75, 3.05) is 6.54 Å². The third-order valence-corrected chi connectivity index (χ3v) is 2.91. The number of amidine groups is 1. The molecule has 0 saturated carbocycles. The van der Waals surface area contributed by atoms with Crippen molar-refractivity contribution in [2.45, 2.75) is 64.2 Å². The average Bonchev–Trinajstić information content (AvgIpc) is 2.20. The molecule has 0 unspecified atom stereocenters. The van der Waals surface area contributed by atoms with Crippen LogP contribution in [0, 0.1) is 0 Å². The van der Waals surface area contributed by atoms with Crippen LogP contribution in [-0.4, -0.2) is 12.4 Å². The Bertz CT molecular complexity index is 164. The summed E-state index contributed by atoms with van der Waals surface area (Å²) in [4.78, 5) is 4.38. The van der Waals surface area contributed by atoms with Gasteiger partial charge in [-0.15, -0.1) is 0 Å². The molecule has 2 heteroatoms. The number of aliphatic imine (C=N–C) groups is 1. The van der Waals surface area contributed by atoms with E-state index in [1.165, 1.54) is 57.8 Å². The first-order valence-corrected chi connectivity index (χ1v) is 6.18. The van der Waals surface area contributed by atoms with Gasteiger partial charge >= 0.3 is 0 Å². The summed E-state index contributed by atoms with van der Waals surface area (Å²) in [6, 6.07) is 0. The highest BCUT2D eigenvalue weighted by molar-refractivity contribution is 5.80.